The van der Waals surface area contributed by atoms with Gasteiger partial charge in [0.05, 0.1) is 37.2 Å². The van der Waals surface area contributed by atoms with Gasteiger partial charge in [-0.15, -0.1) is 0 Å². The molecule has 2 amide bonds. The van der Waals surface area contributed by atoms with Crippen LogP contribution >= 0.6 is 15.9 Å². The van der Waals surface area contributed by atoms with E-state index < -0.39 is 41.6 Å². The minimum Gasteiger partial charge on any atom is -0.466 e. The highest BCUT2D eigenvalue weighted by Crippen LogP contribution is 2.60. The zero-order valence-corrected chi connectivity index (χ0v) is 18.8. The maximum Gasteiger partial charge on any atom is 0.312 e. The molecule has 0 aromatic carbocycles. The van der Waals surface area contributed by atoms with Crippen molar-refractivity contribution in [3.63, 3.8) is 0 Å². The van der Waals surface area contributed by atoms with Gasteiger partial charge in [0.25, 0.3) is 0 Å². The molecule has 3 saturated heterocycles. The van der Waals surface area contributed by atoms with Gasteiger partial charge >= 0.3 is 5.97 Å². The second-order valence-electron chi connectivity index (χ2n) is 8.19. The van der Waals surface area contributed by atoms with Gasteiger partial charge in [-0.1, -0.05) is 35.7 Å². The quantitative estimate of drug-likeness (QED) is 0.293. The average Bonchev–Trinajstić information content (AvgIpc) is 3.28. The Morgan fingerprint density at radius 3 is 2.76 bits per heavy atom. The number of unbranched alkanes of at least 4 members (excludes halogenated alkanes) is 2. The Labute approximate surface area is 179 Å². The van der Waals surface area contributed by atoms with Crippen LogP contribution in [0.15, 0.2) is 0 Å². The van der Waals surface area contributed by atoms with Crippen molar-refractivity contribution < 1.29 is 29.0 Å². The molecule has 7 atom stereocenters. The van der Waals surface area contributed by atoms with Crippen molar-refractivity contribution in [2.24, 2.45) is 11.8 Å². The lowest BCUT2D eigenvalue weighted by atomic mass is 9.70. The van der Waals surface area contributed by atoms with Crippen molar-refractivity contribution in [2.75, 3.05) is 19.8 Å². The average molecular weight is 475 g/mol. The summed E-state index contributed by atoms with van der Waals surface area (Å²) < 4.78 is 11.5. The first-order valence-corrected chi connectivity index (χ1v) is 11.4. The van der Waals surface area contributed by atoms with Crippen molar-refractivity contribution in [2.45, 2.75) is 75.1 Å². The third-order valence-corrected chi connectivity index (χ3v) is 7.20. The molecule has 0 aromatic rings. The summed E-state index contributed by atoms with van der Waals surface area (Å²) >= 11 is 3.59. The third-order valence-electron chi connectivity index (χ3n) is 6.35. The number of halogens is 1. The second-order valence-corrected chi connectivity index (χ2v) is 9.37. The Hall–Kier alpha value is -1.19. The van der Waals surface area contributed by atoms with Crippen molar-refractivity contribution in [3.8, 4) is 0 Å². The molecular weight excluding hydrogens is 444 g/mol. The van der Waals surface area contributed by atoms with Crippen LogP contribution in [0.2, 0.25) is 0 Å². The number of likely N-dealkylation sites (tertiary alicyclic amines) is 1. The molecule has 3 aliphatic rings. The predicted molar refractivity (Wildman–Crippen MR) is 108 cm³/mol. The lowest BCUT2D eigenvalue weighted by Gasteiger charge is -2.35. The number of aliphatic hydroxyl groups excluding tert-OH is 1. The number of nitrogens with zero attached hydrogens (tertiary/aromatic N) is 1. The van der Waals surface area contributed by atoms with Crippen molar-refractivity contribution in [3.05, 3.63) is 0 Å². The van der Waals surface area contributed by atoms with Gasteiger partial charge in [0.1, 0.15) is 11.6 Å². The first-order valence-electron chi connectivity index (χ1n) is 10.5. The molecule has 3 heterocycles. The maximum atomic E-state index is 13.4. The first kappa shape index (κ1) is 22.5. The number of rotatable bonds is 9. The smallest absolute Gasteiger partial charge is 0.312 e. The minimum absolute atomic E-state index is 0.152. The van der Waals surface area contributed by atoms with Crippen molar-refractivity contribution >= 4 is 33.7 Å². The highest BCUT2D eigenvalue weighted by atomic mass is 79.9. The molecule has 3 aliphatic heterocycles. The SMILES string of the molecule is CCCCCNC(=O)C1N([C@H](C)CO)C(=O)[C@@H]2[C@H](C(=O)OCC)[C@H]3OC12CC3Br. The van der Waals surface area contributed by atoms with Gasteiger partial charge in [0, 0.05) is 11.4 Å². The van der Waals surface area contributed by atoms with Crippen LogP contribution in [-0.4, -0.2) is 76.2 Å². The van der Waals surface area contributed by atoms with Crippen LogP contribution in [0.3, 0.4) is 0 Å². The van der Waals surface area contributed by atoms with Gasteiger partial charge in [0.2, 0.25) is 11.8 Å². The Morgan fingerprint density at radius 1 is 1.41 bits per heavy atom. The molecule has 0 aliphatic carbocycles. The molecule has 9 heteroatoms. The lowest BCUT2D eigenvalue weighted by molar-refractivity contribution is -0.155. The Balaban J connectivity index is 1.94. The summed E-state index contributed by atoms with van der Waals surface area (Å²) in [6, 6.07) is -1.44. The van der Waals surface area contributed by atoms with Gasteiger partial charge < -0.3 is 24.8 Å². The summed E-state index contributed by atoms with van der Waals surface area (Å²) in [6.07, 6.45) is 2.83. The molecule has 2 N–H and O–H groups in total. The molecule has 164 valence electrons. The zero-order chi connectivity index (χ0) is 21.3. The van der Waals surface area contributed by atoms with E-state index in [-0.39, 0.29) is 29.9 Å². The van der Waals surface area contributed by atoms with Crippen LogP contribution in [0.4, 0.5) is 0 Å². The van der Waals surface area contributed by atoms with E-state index in [2.05, 4.69) is 28.2 Å². The lowest BCUT2D eigenvalue weighted by Crippen LogP contribution is -2.57. The van der Waals surface area contributed by atoms with Gasteiger partial charge in [-0.05, 0) is 26.7 Å². The number of alkyl halides is 1. The van der Waals surface area contributed by atoms with Crippen LogP contribution < -0.4 is 5.32 Å². The predicted octanol–water partition coefficient (Wildman–Crippen LogP) is 0.985. The zero-order valence-electron chi connectivity index (χ0n) is 17.2. The topological polar surface area (TPSA) is 105 Å². The van der Waals surface area contributed by atoms with Gasteiger partial charge in [0.15, 0.2) is 0 Å². The van der Waals surface area contributed by atoms with E-state index in [1.54, 1.807) is 13.8 Å². The number of nitrogens with one attached hydrogen (secondary N) is 1. The Kier molecular flexibility index (Phi) is 6.90. The van der Waals surface area contributed by atoms with Crippen LogP contribution in [0.25, 0.3) is 0 Å². The highest BCUT2D eigenvalue weighted by Gasteiger charge is 2.77. The summed E-state index contributed by atoms with van der Waals surface area (Å²) in [5.74, 6) is -2.61. The fraction of sp³-hybridized carbons (Fsp3) is 0.850. The van der Waals surface area contributed by atoms with Gasteiger partial charge in [-0.3, -0.25) is 14.4 Å². The Morgan fingerprint density at radius 2 is 2.14 bits per heavy atom. The molecule has 29 heavy (non-hydrogen) atoms. The van der Waals surface area contributed by atoms with E-state index in [9.17, 15) is 19.5 Å². The van der Waals surface area contributed by atoms with Gasteiger partial charge in [-0.2, -0.15) is 0 Å². The number of hydrogen-bond donors (Lipinski definition) is 2. The molecule has 0 aromatic heterocycles. The first-order chi connectivity index (χ1) is 13.8. The molecule has 3 unspecified atom stereocenters. The molecular formula is C20H31BrN2O6. The number of aliphatic hydroxyl groups is 1. The van der Waals surface area contributed by atoms with E-state index in [1.807, 2.05) is 0 Å². The fourth-order valence-electron chi connectivity index (χ4n) is 5.12. The molecule has 1 spiro atoms. The van der Waals surface area contributed by atoms with Crippen LogP contribution in [0.1, 0.15) is 46.5 Å². The number of fused-ring (bicyclic) bond motifs is 1. The summed E-state index contributed by atoms with van der Waals surface area (Å²) in [6.45, 7) is 5.95. The number of hydrogen-bond acceptors (Lipinski definition) is 6. The maximum absolute atomic E-state index is 13.4. The molecule has 3 fully saturated rings. The van der Waals surface area contributed by atoms with E-state index in [0.717, 1.165) is 19.3 Å². The molecule has 0 saturated carbocycles. The van der Waals surface area contributed by atoms with Crippen LogP contribution in [-0.2, 0) is 23.9 Å². The van der Waals surface area contributed by atoms with E-state index in [0.29, 0.717) is 13.0 Å². The van der Waals surface area contributed by atoms with E-state index in [4.69, 9.17) is 9.47 Å². The number of carbonyl (C=O) groups excluding carboxylic acids is 3. The molecule has 2 bridgehead atoms. The Bertz CT molecular complexity index is 661. The van der Waals surface area contributed by atoms with E-state index >= 15 is 0 Å². The number of amides is 2. The number of esters is 1. The van der Waals surface area contributed by atoms with E-state index in [1.165, 1.54) is 4.90 Å². The minimum atomic E-state index is -1.09. The molecule has 0 radical (unpaired) electrons. The second kappa shape index (κ2) is 8.89. The molecule has 3 rings (SSSR count). The van der Waals surface area contributed by atoms with Crippen molar-refractivity contribution in [1.82, 2.24) is 10.2 Å². The number of ether oxygens (including phenoxy) is 2. The van der Waals surface area contributed by atoms with Crippen LogP contribution in [0.5, 0.6) is 0 Å². The summed E-state index contributed by atoms with van der Waals surface area (Å²) in [7, 11) is 0. The summed E-state index contributed by atoms with van der Waals surface area (Å²) in [5.41, 5.74) is -1.09. The standard InChI is InChI=1S/C20H31BrN2O6/c1-4-6-7-8-22-17(25)16-20-9-12(21)15(29-20)13(19(27)28-5-2)14(20)18(26)23(16)11(3)10-24/h11-16,24H,4-10H2,1-3H3,(H,22,25)/t11-,12?,13+,14+,15+,16?,20?/m1/s1. The van der Waals surface area contributed by atoms with Crippen LogP contribution in [0, 0.1) is 11.8 Å². The summed E-state index contributed by atoms with van der Waals surface area (Å²) in [5, 5.41) is 12.7. The third kappa shape index (κ3) is 3.59. The monoisotopic (exact) mass is 474 g/mol. The highest BCUT2D eigenvalue weighted by molar-refractivity contribution is 9.09. The normalized spacial score (nSPS) is 36.2. The molecule has 8 nitrogen and oxygen atoms in total. The number of carbonyl (C=O) groups is 3. The van der Waals surface area contributed by atoms with Crippen molar-refractivity contribution in [1.29, 1.82) is 0 Å². The fourth-order valence-corrected chi connectivity index (χ4v) is 6.06. The largest absolute Gasteiger partial charge is 0.466 e. The van der Waals surface area contributed by atoms with Gasteiger partial charge in [-0.25, -0.2) is 0 Å². The summed E-state index contributed by atoms with van der Waals surface area (Å²) in [4.78, 5) is 40.6.